The van der Waals surface area contributed by atoms with E-state index in [-0.39, 0.29) is 5.91 Å². The quantitative estimate of drug-likeness (QED) is 0.891. The molecule has 5 heteroatoms. The molecule has 0 saturated heterocycles. The number of para-hydroxylation sites is 3. The van der Waals surface area contributed by atoms with E-state index in [1.807, 2.05) is 30.3 Å². The molecule has 0 aliphatic carbocycles. The Morgan fingerprint density at radius 3 is 2.38 bits per heavy atom. The van der Waals surface area contributed by atoms with Crippen LogP contribution in [0.25, 0.3) is 0 Å². The van der Waals surface area contributed by atoms with Crippen LogP contribution in [0.5, 0.6) is 11.5 Å². The Morgan fingerprint density at radius 2 is 1.71 bits per heavy atom. The summed E-state index contributed by atoms with van der Waals surface area (Å²) in [5.41, 5.74) is 0.618. The van der Waals surface area contributed by atoms with Crippen molar-refractivity contribution >= 4 is 27.5 Å². The average Bonchev–Trinajstić information content (AvgIpc) is 2.50. The molecule has 0 aliphatic rings. The highest BCUT2D eigenvalue weighted by Crippen LogP contribution is 2.26. The molecule has 110 valence electrons. The van der Waals surface area contributed by atoms with Crippen LogP contribution in [0.2, 0.25) is 0 Å². The van der Waals surface area contributed by atoms with Crippen LogP contribution in [-0.2, 0) is 4.79 Å². The van der Waals surface area contributed by atoms with Crippen molar-refractivity contribution < 1.29 is 14.3 Å². The maximum absolute atomic E-state index is 12.2. The van der Waals surface area contributed by atoms with Crippen LogP contribution in [0.3, 0.4) is 0 Å². The molecular weight excluding hydrogens is 334 g/mol. The van der Waals surface area contributed by atoms with Gasteiger partial charge in [-0.1, -0.05) is 24.3 Å². The Balaban J connectivity index is 2.05. The number of rotatable bonds is 5. The van der Waals surface area contributed by atoms with E-state index >= 15 is 0 Å². The molecule has 0 radical (unpaired) electrons. The first kappa shape index (κ1) is 15.4. The summed E-state index contributed by atoms with van der Waals surface area (Å²) in [5.74, 6) is 0.995. The number of hydrogen-bond donors (Lipinski definition) is 1. The SMILES string of the molecule is COc1ccccc1NC(=O)[C@H](C)Oc1ccccc1Br. The fraction of sp³-hybridized carbons (Fsp3) is 0.188. The molecule has 0 bridgehead atoms. The Morgan fingerprint density at radius 1 is 1.10 bits per heavy atom. The van der Waals surface area contributed by atoms with Gasteiger partial charge in [0.2, 0.25) is 0 Å². The predicted octanol–water partition coefficient (Wildman–Crippen LogP) is 3.86. The van der Waals surface area contributed by atoms with Gasteiger partial charge in [-0.05, 0) is 47.1 Å². The molecule has 1 amide bonds. The molecule has 0 saturated carbocycles. The largest absolute Gasteiger partial charge is 0.495 e. The normalized spacial score (nSPS) is 11.6. The number of carbonyl (C=O) groups excluding carboxylic acids is 1. The molecule has 1 N–H and O–H groups in total. The number of methoxy groups -OCH3 is 1. The Bertz CT molecular complexity index is 630. The zero-order chi connectivity index (χ0) is 15.2. The number of amides is 1. The van der Waals surface area contributed by atoms with Crippen LogP contribution in [0.15, 0.2) is 53.0 Å². The van der Waals surface area contributed by atoms with E-state index in [2.05, 4.69) is 21.2 Å². The van der Waals surface area contributed by atoms with Crippen LogP contribution in [-0.4, -0.2) is 19.1 Å². The predicted molar refractivity (Wildman–Crippen MR) is 85.9 cm³/mol. The molecule has 2 rings (SSSR count). The van der Waals surface area contributed by atoms with Crippen molar-refractivity contribution in [1.29, 1.82) is 0 Å². The van der Waals surface area contributed by atoms with Gasteiger partial charge < -0.3 is 14.8 Å². The number of hydrogen-bond acceptors (Lipinski definition) is 3. The third-order valence-electron chi connectivity index (χ3n) is 2.87. The fourth-order valence-electron chi connectivity index (χ4n) is 1.77. The van der Waals surface area contributed by atoms with Crippen molar-refractivity contribution in [2.24, 2.45) is 0 Å². The van der Waals surface area contributed by atoms with Gasteiger partial charge in [0, 0.05) is 0 Å². The molecular formula is C16H16BrNO3. The van der Waals surface area contributed by atoms with Crippen molar-refractivity contribution in [2.45, 2.75) is 13.0 Å². The molecule has 0 unspecified atom stereocenters. The van der Waals surface area contributed by atoms with Crippen molar-refractivity contribution in [2.75, 3.05) is 12.4 Å². The van der Waals surface area contributed by atoms with Crippen molar-refractivity contribution in [3.8, 4) is 11.5 Å². The summed E-state index contributed by atoms with van der Waals surface area (Å²) in [4.78, 5) is 12.2. The Kier molecular flexibility index (Phi) is 5.22. The summed E-state index contributed by atoms with van der Waals surface area (Å²) in [6.07, 6.45) is -0.631. The molecule has 2 aromatic carbocycles. The lowest BCUT2D eigenvalue weighted by Crippen LogP contribution is -2.30. The summed E-state index contributed by atoms with van der Waals surface area (Å²) in [6.45, 7) is 1.70. The number of carbonyl (C=O) groups is 1. The fourth-order valence-corrected chi connectivity index (χ4v) is 2.14. The van der Waals surface area contributed by atoms with Gasteiger partial charge in [0.1, 0.15) is 11.5 Å². The lowest BCUT2D eigenvalue weighted by molar-refractivity contribution is -0.122. The minimum Gasteiger partial charge on any atom is -0.495 e. The summed E-state index contributed by atoms with van der Waals surface area (Å²) in [6, 6.07) is 14.6. The maximum atomic E-state index is 12.2. The van der Waals surface area contributed by atoms with Crippen molar-refractivity contribution in [3.63, 3.8) is 0 Å². The first-order valence-electron chi connectivity index (χ1n) is 6.47. The van der Waals surface area contributed by atoms with Gasteiger partial charge in [0.05, 0.1) is 17.3 Å². The molecule has 0 fully saturated rings. The van der Waals surface area contributed by atoms with Gasteiger partial charge >= 0.3 is 0 Å². The zero-order valence-electron chi connectivity index (χ0n) is 11.8. The van der Waals surface area contributed by atoms with Crippen LogP contribution in [0.1, 0.15) is 6.92 Å². The smallest absolute Gasteiger partial charge is 0.265 e. The molecule has 0 aliphatic heterocycles. The Labute approximate surface area is 132 Å². The van der Waals surface area contributed by atoms with Gasteiger partial charge in [-0.2, -0.15) is 0 Å². The van der Waals surface area contributed by atoms with E-state index in [1.54, 1.807) is 32.2 Å². The Hall–Kier alpha value is -2.01. The second kappa shape index (κ2) is 7.13. The summed E-state index contributed by atoms with van der Waals surface area (Å²) in [5, 5.41) is 2.80. The highest BCUT2D eigenvalue weighted by atomic mass is 79.9. The molecule has 0 heterocycles. The van der Waals surface area contributed by atoms with Crippen LogP contribution in [0.4, 0.5) is 5.69 Å². The molecule has 1 atom stereocenters. The summed E-state index contributed by atoms with van der Waals surface area (Å²) in [7, 11) is 1.56. The lowest BCUT2D eigenvalue weighted by Gasteiger charge is -2.16. The van der Waals surface area contributed by atoms with Gasteiger partial charge in [-0.3, -0.25) is 4.79 Å². The van der Waals surface area contributed by atoms with E-state index in [0.717, 1.165) is 4.47 Å². The van der Waals surface area contributed by atoms with Crippen molar-refractivity contribution in [1.82, 2.24) is 0 Å². The van der Waals surface area contributed by atoms with E-state index in [0.29, 0.717) is 17.2 Å². The zero-order valence-corrected chi connectivity index (χ0v) is 13.4. The lowest BCUT2D eigenvalue weighted by atomic mass is 10.2. The second-order valence-electron chi connectivity index (χ2n) is 4.38. The highest BCUT2D eigenvalue weighted by molar-refractivity contribution is 9.10. The maximum Gasteiger partial charge on any atom is 0.265 e. The van der Waals surface area contributed by atoms with E-state index in [4.69, 9.17) is 9.47 Å². The van der Waals surface area contributed by atoms with Crippen molar-refractivity contribution in [3.05, 3.63) is 53.0 Å². The van der Waals surface area contributed by atoms with Crippen LogP contribution in [0, 0.1) is 0 Å². The number of ether oxygens (including phenoxy) is 2. The first-order valence-corrected chi connectivity index (χ1v) is 7.26. The monoisotopic (exact) mass is 349 g/mol. The minimum absolute atomic E-state index is 0.241. The first-order chi connectivity index (χ1) is 10.1. The summed E-state index contributed by atoms with van der Waals surface area (Å²) >= 11 is 3.39. The summed E-state index contributed by atoms with van der Waals surface area (Å²) < 4.78 is 11.7. The molecule has 0 spiro atoms. The third-order valence-corrected chi connectivity index (χ3v) is 3.53. The molecule has 21 heavy (non-hydrogen) atoms. The minimum atomic E-state index is -0.631. The number of nitrogens with one attached hydrogen (secondary N) is 1. The topological polar surface area (TPSA) is 47.6 Å². The number of anilines is 1. The van der Waals surface area contributed by atoms with Gasteiger partial charge in [0.15, 0.2) is 6.10 Å². The standard InChI is InChI=1S/C16H16BrNO3/c1-11(21-14-9-5-3-7-12(14)17)16(19)18-13-8-4-6-10-15(13)20-2/h3-11H,1-2H3,(H,18,19)/t11-/m0/s1. The second-order valence-corrected chi connectivity index (χ2v) is 5.23. The van der Waals surface area contributed by atoms with E-state index < -0.39 is 6.10 Å². The number of benzene rings is 2. The average molecular weight is 350 g/mol. The van der Waals surface area contributed by atoms with Crippen LogP contribution >= 0.6 is 15.9 Å². The highest BCUT2D eigenvalue weighted by Gasteiger charge is 2.17. The molecule has 4 nitrogen and oxygen atoms in total. The number of halogens is 1. The van der Waals surface area contributed by atoms with Gasteiger partial charge in [0.25, 0.3) is 5.91 Å². The van der Waals surface area contributed by atoms with E-state index in [9.17, 15) is 4.79 Å². The molecule has 2 aromatic rings. The third kappa shape index (κ3) is 3.98. The van der Waals surface area contributed by atoms with Gasteiger partial charge in [-0.25, -0.2) is 0 Å². The van der Waals surface area contributed by atoms with Gasteiger partial charge in [-0.15, -0.1) is 0 Å². The molecule has 0 aromatic heterocycles. The van der Waals surface area contributed by atoms with Crippen LogP contribution < -0.4 is 14.8 Å². The van der Waals surface area contributed by atoms with E-state index in [1.165, 1.54) is 0 Å².